The van der Waals surface area contributed by atoms with Crippen LogP contribution in [0.1, 0.15) is 72.1 Å². The van der Waals surface area contributed by atoms with Crippen molar-refractivity contribution in [1.29, 1.82) is 0 Å². The monoisotopic (exact) mass is 268 g/mol. The second-order valence-electron chi connectivity index (χ2n) is 6.22. The van der Waals surface area contributed by atoms with Gasteiger partial charge in [-0.15, -0.1) is 0 Å². The Balaban J connectivity index is 2.08. The van der Waals surface area contributed by atoms with Crippen LogP contribution in [0.2, 0.25) is 0 Å². The molecule has 2 N–H and O–H groups in total. The summed E-state index contributed by atoms with van der Waals surface area (Å²) in [4.78, 5) is 11.8. The van der Waals surface area contributed by atoms with Crippen molar-refractivity contribution < 1.29 is 4.79 Å². The zero-order valence-corrected chi connectivity index (χ0v) is 13.1. The molecular formula is C16H32N2O. The van der Waals surface area contributed by atoms with Gasteiger partial charge in [-0.3, -0.25) is 4.79 Å². The van der Waals surface area contributed by atoms with Crippen molar-refractivity contribution in [3.63, 3.8) is 0 Å². The molecule has 0 aromatic carbocycles. The molecule has 1 saturated carbocycles. The van der Waals surface area contributed by atoms with E-state index < -0.39 is 0 Å². The van der Waals surface area contributed by atoms with Gasteiger partial charge in [0, 0.05) is 18.0 Å². The van der Waals surface area contributed by atoms with E-state index in [1.165, 1.54) is 25.7 Å². The lowest BCUT2D eigenvalue weighted by Crippen LogP contribution is -2.43. The predicted octanol–water partition coefficient (Wildman–Crippen LogP) is 3.24. The fourth-order valence-corrected chi connectivity index (χ4v) is 2.96. The molecule has 0 aromatic heterocycles. The second kappa shape index (κ2) is 8.57. The summed E-state index contributed by atoms with van der Waals surface area (Å²) in [5.74, 6) is 0.582. The number of amides is 1. The molecule has 0 spiro atoms. The molecule has 1 aliphatic carbocycles. The summed E-state index contributed by atoms with van der Waals surface area (Å²) in [7, 11) is 0. The third kappa shape index (κ3) is 5.94. The number of carbonyl (C=O) groups is 1. The average Bonchev–Trinajstić information content (AvgIpc) is 2.92. The first-order valence-electron chi connectivity index (χ1n) is 8.14. The van der Waals surface area contributed by atoms with Gasteiger partial charge in [0.2, 0.25) is 5.91 Å². The summed E-state index contributed by atoms with van der Waals surface area (Å²) in [6, 6.07) is 0. The highest BCUT2D eigenvalue weighted by Crippen LogP contribution is 2.24. The first-order chi connectivity index (χ1) is 9.11. The van der Waals surface area contributed by atoms with E-state index in [0.29, 0.717) is 5.92 Å². The zero-order valence-electron chi connectivity index (χ0n) is 13.1. The molecule has 1 fully saturated rings. The van der Waals surface area contributed by atoms with Gasteiger partial charge in [-0.05, 0) is 45.6 Å². The van der Waals surface area contributed by atoms with Gasteiger partial charge in [0.05, 0.1) is 0 Å². The van der Waals surface area contributed by atoms with Crippen LogP contribution in [0.15, 0.2) is 0 Å². The highest BCUT2D eigenvalue weighted by molar-refractivity contribution is 5.78. The third-order valence-electron chi connectivity index (χ3n) is 4.51. The first kappa shape index (κ1) is 16.5. The lowest BCUT2D eigenvalue weighted by molar-refractivity contribution is -0.124. The fraction of sp³-hybridized carbons (Fsp3) is 0.938. The van der Waals surface area contributed by atoms with E-state index in [1.807, 2.05) is 0 Å². The zero-order chi connectivity index (χ0) is 14.1. The molecule has 0 saturated heterocycles. The minimum Gasteiger partial charge on any atom is -0.356 e. The molecule has 1 amide bonds. The van der Waals surface area contributed by atoms with Crippen LogP contribution in [0, 0.1) is 5.92 Å². The molecular weight excluding hydrogens is 236 g/mol. The quantitative estimate of drug-likeness (QED) is 0.630. The first-order valence-corrected chi connectivity index (χ1v) is 8.14. The normalized spacial score (nSPS) is 19.3. The van der Waals surface area contributed by atoms with Gasteiger partial charge in [-0.2, -0.15) is 0 Å². The van der Waals surface area contributed by atoms with E-state index in [-0.39, 0.29) is 11.4 Å². The number of nitrogens with one attached hydrogen (secondary N) is 2. The number of hydrogen-bond acceptors (Lipinski definition) is 2. The topological polar surface area (TPSA) is 41.1 Å². The van der Waals surface area contributed by atoms with Crippen molar-refractivity contribution in [3.05, 3.63) is 0 Å². The number of rotatable bonds is 9. The van der Waals surface area contributed by atoms with E-state index in [1.54, 1.807) is 0 Å². The minimum atomic E-state index is 0.268. The summed E-state index contributed by atoms with van der Waals surface area (Å²) in [6.07, 6.45) is 9.26. The van der Waals surface area contributed by atoms with Gasteiger partial charge in [-0.1, -0.05) is 33.1 Å². The Hall–Kier alpha value is -0.570. The number of hydrogen-bond donors (Lipinski definition) is 2. The van der Waals surface area contributed by atoms with Gasteiger partial charge in [-0.25, -0.2) is 0 Å². The van der Waals surface area contributed by atoms with Gasteiger partial charge in [0.1, 0.15) is 0 Å². The third-order valence-corrected chi connectivity index (χ3v) is 4.51. The van der Waals surface area contributed by atoms with Gasteiger partial charge < -0.3 is 10.6 Å². The lowest BCUT2D eigenvalue weighted by Gasteiger charge is -2.29. The molecule has 0 heterocycles. The molecule has 19 heavy (non-hydrogen) atoms. The van der Waals surface area contributed by atoms with Crippen LogP contribution in [0.5, 0.6) is 0 Å². The standard InChI is InChI=1S/C16H32N2O/c1-4-11-16(3,5-2)18-13-8-12-17-15(19)14-9-6-7-10-14/h14,18H,4-13H2,1-3H3,(H,17,19). The van der Waals surface area contributed by atoms with Crippen molar-refractivity contribution >= 4 is 5.91 Å². The summed E-state index contributed by atoms with van der Waals surface area (Å²) in [6.45, 7) is 8.58. The molecule has 3 heteroatoms. The lowest BCUT2D eigenvalue weighted by atomic mass is 9.93. The van der Waals surface area contributed by atoms with Gasteiger partial charge >= 0.3 is 0 Å². The van der Waals surface area contributed by atoms with Crippen molar-refractivity contribution in [1.82, 2.24) is 10.6 Å². The van der Waals surface area contributed by atoms with Crippen LogP contribution in [0.3, 0.4) is 0 Å². The highest BCUT2D eigenvalue weighted by Gasteiger charge is 2.22. The summed E-state index contributed by atoms with van der Waals surface area (Å²) in [5.41, 5.74) is 0.268. The molecule has 1 rings (SSSR count). The molecule has 3 nitrogen and oxygen atoms in total. The Morgan fingerprint density at radius 1 is 1.21 bits per heavy atom. The van der Waals surface area contributed by atoms with Gasteiger partial charge in [0.15, 0.2) is 0 Å². The minimum absolute atomic E-state index is 0.268. The van der Waals surface area contributed by atoms with Crippen LogP contribution in [-0.2, 0) is 4.79 Å². The van der Waals surface area contributed by atoms with Crippen molar-refractivity contribution in [2.75, 3.05) is 13.1 Å². The number of carbonyl (C=O) groups excluding carboxylic acids is 1. The van der Waals surface area contributed by atoms with Crippen LogP contribution < -0.4 is 10.6 Å². The van der Waals surface area contributed by atoms with Crippen LogP contribution in [-0.4, -0.2) is 24.5 Å². The Labute approximate surface area is 118 Å². The Morgan fingerprint density at radius 3 is 2.47 bits per heavy atom. The molecule has 112 valence electrons. The van der Waals surface area contributed by atoms with E-state index >= 15 is 0 Å². The Bertz CT molecular complexity index is 261. The SMILES string of the molecule is CCCC(C)(CC)NCCCNC(=O)C1CCCC1. The molecule has 0 aliphatic heterocycles. The maximum absolute atomic E-state index is 11.8. The fourth-order valence-electron chi connectivity index (χ4n) is 2.96. The van der Waals surface area contributed by atoms with Crippen LogP contribution in [0.25, 0.3) is 0 Å². The van der Waals surface area contributed by atoms with Crippen LogP contribution >= 0.6 is 0 Å². The van der Waals surface area contributed by atoms with E-state index in [4.69, 9.17) is 0 Å². The summed E-state index contributed by atoms with van der Waals surface area (Å²) >= 11 is 0. The molecule has 1 aliphatic rings. The van der Waals surface area contributed by atoms with Crippen LogP contribution in [0.4, 0.5) is 0 Å². The Morgan fingerprint density at radius 2 is 1.89 bits per heavy atom. The summed E-state index contributed by atoms with van der Waals surface area (Å²) in [5, 5.41) is 6.72. The van der Waals surface area contributed by atoms with E-state index in [2.05, 4.69) is 31.4 Å². The Kier molecular flexibility index (Phi) is 7.44. The molecule has 0 radical (unpaired) electrons. The second-order valence-corrected chi connectivity index (χ2v) is 6.22. The highest BCUT2D eigenvalue weighted by atomic mass is 16.1. The molecule has 0 bridgehead atoms. The van der Waals surface area contributed by atoms with Gasteiger partial charge in [0.25, 0.3) is 0 Å². The largest absolute Gasteiger partial charge is 0.356 e. The van der Waals surface area contributed by atoms with Crippen molar-refractivity contribution in [3.8, 4) is 0 Å². The van der Waals surface area contributed by atoms with E-state index in [0.717, 1.165) is 38.8 Å². The van der Waals surface area contributed by atoms with E-state index in [9.17, 15) is 4.79 Å². The maximum atomic E-state index is 11.8. The van der Waals surface area contributed by atoms with Crippen molar-refractivity contribution in [2.24, 2.45) is 5.92 Å². The maximum Gasteiger partial charge on any atom is 0.223 e. The predicted molar refractivity (Wildman–Crippen MR) is 81.2 cm³/mol. The summed E-state index contributed by atoms with van der Waals surface area (Å²) < 4.78 is 0. The molecule has 0 aromatic rings. The van der Waals surface area contributed by atoms with Crippen molar-refractivity contribution in [2.45, 2.75) is 77.7 Å². The molecule has 1 unspecified atom stereocenters. The molecule has 1 atom stereocenters. The average molecular weight is 268 g/mol. The smallest absolute Gasteiger partial charge is 0.223 e.